The maximum atomic E-state index is 12.1. The van der Waals surface area contributed by atoms with Crippen molar-refractivity contribution in [2.45, 2.75) is 24.0 Å². The molecule has 0 radical (unpaired) electrons. The van der Waals surface area contributed by atoms with E-state index < -0.39 is 4.92 Å². The standard InChI is InChI=1S/C17H16ClN3O3S/c1-11-3-6-15(7-4-11)25-12(2)17(22)20-19-10-13-9-14(21(23)24)5-8-16(13)18/h3-10,12H,1-2H3,(H,20,22)/b19-10-/t12-/m0/s1. The van der Waals surface area contributed by atoms with Crippen LogP contribution in [-0.4, -0.2) is 22.3 Å². The lowest BCUT2D eigenvalue weighted by Crippen LogP contribution is -2.26. The van der Waals surface area contributed by atoms with E-state index in [1.54, 1.807) is 6.92 Å². The number of amides is 1. The van der Waals surface area contributed by atoms with E-state index >= 15 is 0 Å². The number of hydrazone groups is 1. The smallest absolute Gasteiger partial charge is 0.270 e. The molecule has 0 heterocycles. The largest absolute Gasteiger partial charge is 0.272 e. The fourth-order valence-corrected chi connectivity index (χ4v) is 2.90. The van der Waals surface area contributed by atoms with Gasteiger partial charge in [0.2, 0.25) is 0 Å². The number of nitrogens with one attached hydrogen (secondary N) is 1. The highest BCUT2D eigenvalue weighted by molar-refractivity contribution is 8.00. The third-order valence-electron chi connectivity index (χ3n) is 3.27. The Hall–Kier alpha value is -2.38. The number of carbonyl (C=O) groups is 1. The highest BCUT2D eigenvalue weighted by Crippen LogP contribution is 2.23. The normalized spacial score (nSPS) is 12.1. The minimum atomic E-state index is -0.521. The molecule has 1 amide bonds. The van der Waals surface area contributed by atoms with Gasteiger partial charge in [0.15, 0.2) is 0 Å². The maximum Gasteiger partial charge on any atom is 0.270 e. The van der Waals surface area contributed by atoms with E-state index in [1.165, 1.54) is 36.2 Å². The van der Waals surface area contributed by atoms with Gasteiger partial charge in [-0.1, -0.05) is 29.3 Å². The average Bonchev–Trinajstić information content (AvgIpc) is 2.58. The fraction of sp³-hybridized carbons (Fsp3) is 0.176. The van der Waals surface area contributed by atoms with Crippen LogP contribution in [0.2, 0.25) is 5.02 Å². The van der Waals surface area contributed by atoms with Crippen molar-refractivity contribution in [1.82, 2.24) is 5.43 Å². The summed E-state index contributed by atoms with van der Waals surface area (Å²) in [4.78, 5) is 23.3. The molecule has 6 nitrogen and oxygen atoms in total. The van der Waals surface area contributed by atoms with E-state index in [4.69, 9.17) is 11.6 Å². The summed E-state index contributed by atoms with van der Waals surface area (Å²) in [7, 11) is 0. The number of nitrogens with zero attached hydrogens (tertiary/aromatic N) is 2. The van der Waals surface area contributed by atoms with Crippen molar-refractivity contribution in [3.63, 3.8) is 0 Å². The van der Waals surface area contributed by atoms with Gasteiger partial charge in [0.1, 0.15) is 0 Å². The predicted molar refractivity (Wildman–Crippen MR) is 100 cm³/mol. The second-order valence-electron chi connectivity index (χ2n) is 5.27. The summed E-state index contributed by atoms with van der Waals surface area (Å²) in [5.41, 5.74) is 3.83. The van der Waals surface area contributed by atoms with E-state index in [2.05, 4.69) is 10.5 Å². The quantitative estimate of drug-likeness (QED) is 0.354. The molecular weight excluding hydrogens is 362 g/mol. The first-order valence-electron chi connectivity index (χ1n) is 7.37. The Morgan fingerprint density at radius 1 is 1.32 bits per heavy atom. The van der Waals surface area contributed by atoms with Gasteiger partial charge >= 0.3 is 0 Å². The van der Waals surface area contributed by atoms with Crippen LogP contribution in [0.4, 0.5) is 5.69 Å². The predicted octanol–water partition coefficient (Wildman–Crippen LogP) is 4.19. The van der Waals surface area contributed by atoms with Crippen LogP contribution in [0.5, 0.6) is 0 Å². The molecule has 2 rings (SSSR count). The number of hydrogen-bond donors (Lipinski definition) is 1. The summed E-state index contributed by atoms with van der Waals surface area (Å²) in [6, 6.07) is 11.9. The monoisotopic (exact) mass is 377 g/mol. The summed E-state index contributed by atoms with van der Waals surface area (Å²) in [5, 5.41) is 14.6. The molecule has 0 aromatic heterocycles. The summed E-state index contributed by atoms with van der Waals surface area (Å²) >= 11 is 7.38. The van der Waals surface area contributed by atoms with Gasteiger partial charge < -0.3 is 0 Å². The Morgan fingerprint density at radius 2 is 2.00 bits per heavy atom. The molecule has 0 aliphatic carbocycles. The third kappa shape index (κ3) is 5.58. The van der Waals surface area contributed by atoms with Gasteiger partial charge in [-0.25, -0.2) is 5.43 Å². The van der Waals surface area contributed by atoms with Gasteiger partial charge in [0, 0.05) is 27.6 Å². The number of aryl methyl sites for hydroxylation is 1. The zero-order chi connectivity index (χ0) is 18.4. The number of thioether (sulfide) groups is 1. The minimum absolute atomic E-state index is 0.0968. The highest BCUT2D eigenvalue weighted by Gasteiger charge is 2.14. The van der Waals surface area contributed by atoms with Crippen molar-refractivity contribution in [2.75, 3.05) is 0 Å². The lowest BCUT2D eigenvalue weighted by molar-refractivity contribution is -0.384. The maximum absolute atomic E-state index is 12.1. The Kier molecular flexibility index (Phi) is 6.55. The molecule has 1 N–H and O–H groups in total. The molecule has 8 heteroatoms. The number of halogens is 1. The minimum Gasteiger partial charge on any atom is -0.272 e. The van der Waals surface area contributed by atoms with Gasteiger partial charge in [-0.2, -0.15) is 5.10 Å². The molecular formula is C17H16ClN3O3S. The summed E-state index contributed by atoms with van der Waals surface area (Å²) in [6.07, 6.45) is 1.29. The van der Waals surface area contributed by atoms with Gasteiger partial charge in [0.05, 0.1) is 16.4 Å². The molecule has 25 heavy (non-hydrogen) atoms. The number of hydrogen-bond acceptors (Lipinski definition) is 5. The summed E-state index contributed by atoms with van der Waals surface area (Å²) in [5.74, 6) is -0.275. The molecule has 0 unspecified atom stereocenters. The molecule has 0 saturated carbocycles. The number of non-ortho nitro benzene ring substituents is 1. The second kappa shape index (κ2) is 8.64. The highest BCUT2D eigenvalue weighted by atomic mass is 35.5. The zero-order valence-corrected chi connectivity index (χ0v) is 15.2. The van der Waals surface area contributed by atoms with Gasteiger partial charge in [0.25, 0.3) is 11.6 Å². The van der Waals surface area contributed by atoms with E-state index in [0.29, 0.717) is 10.6 Å². The second-order valence-corrected chi connectivity index (χ2v) is 7.09. The van der Waals surface area contributed by atoms with Gasteiger partial charge in [-0.15, -0.1) is 11.8 Å². The van der Waals surface area contributed by atoms with Gasteiger partial charge in [-0.05, 0) is 32.0 Å². The lowest BCUT2D eigenvalue weighted by Gasteiger charge is -2.09. The van der Waals surface area contributed by atoms with E-state index in [1.807, 2.05) is 31.2 Å². The van der Waals surface area contributed by atoms with Crippen molar-refractivity contribution in [3.05, 3.63) is 68.7 Å². The Morgan fingerprint density at radius 3 is 2.64 bits per heavy atom. The molecule has 0 aliphatic heterocycles. The van der Waals surface area contributed by atoms with Crippen molar-refractivity contribution >= 4 is 41.2 Å². The molecule has 0 aliphatic rings. The zero-order valence-electron chi connectivity index (χ0n) is 13.6. The average molecular weight is 378 g/mol. The molecule has 130 valence electrons. The van der Waals surface area contributed by atoms with Crippen molar-refractivity contribution in [2.24, 2.45) is 5.10 Å². The molecule has 0 fully saturated rings. The molecule has 0 bridgehead atoms. The van der Waals surface area contributed by atoms with Crippen LogP contribution in [0.25, 0.3) is 0 Å². The topological polar surface area (TPSA) is 84.6 Å². The third-order valence-corrected chi connectivity index (χ3v) is 4.73. The lowest BCUT2D eigenvalue weighted by atomic mass is 10.2. The number of nitro groups is 1. The van der Waals surface area contributed by atoms with E-state index in [-0.39, 0.29) is 16.8 Å². The van der Waals surface area contributed by atoms with Crippen LogP contribution in [0.3, 0.4) is 0 Å². The van der Waals surface area contributed by atoms with Crippen LogP contribution in [-0.2, 0) is 4.79 Å². The van der Waals surface area contributed by atoms with Crippen molar-refractivity contribution in [1.29, 1.82) is 0 Å². The SMILES string of the molecule is Cc1ccc(S[C@@H](C)C(=O)N/N=C\c2cc([N+](=O)[O-])ccc2Cl)cc1. The molecule has 1 atom stereocenters. The Bertz CT molecular complexity index is 809. The molecule has 2 aromatic rings. The van der Waals surface area contributed by atoms with Crippen LogP contribution in [0, 0.1) is 17.0 Å². The van der Waals surface area contributed by atoms with Crippen molar-refractivity contribution < 1.29 is 9.72 Å². The Labute approximate surface area is 154 Å². The number of carbonyl (C=O) groups excluding carboxylic acids is 1. The van der Waals surface area contributed by atoms with Crippen LogP contribution >= 0.6 is 23.4 Å². The summed E-state index contributed by atoms with van der Waals surface area (Å²) in [6.45, 7) is 3.77. The molecule has 0 saturated heterocycles. The number of nitro benzene ring substituents is 1. The van der Waals surface area contributed by atoms with Gasteiger partial charge in [-0.3, -0.25) is 14.9 Å². The first-order chi connectivity index (χ1) is 11.9. The molecule has 2 aromatic carbocycles. The fourth-order valence-electron chi connectivity index (χ4n) is 1.87. The van der Waals surface area contributed by atoms with Crippen molar-refractivity contribution in [3.8, 4) is 0 Å². The first-order valence-corrected chi connectivity index (χ1v) is 8.63. The number of benzene rings is 2. The van der Waals surface area contributed by atoms with E-state index in [0.717, 1.165) is 10.5 Å². The van der Waals surface area contributed by atoms with E-state index in [9.17, 15) is 14.9 Å². The summed E-state index contributed by atoms with van der Waals surface area (Å²) < 4.78 is 0. The van der Waals surface area contributed by atoms with Crippen LogP contribution in [0.15, 0.2) is 52.5 Å². The van der Waals surface area contributed by atoms with Crippen LogP contribution in [0.1, 0.15) is 18.1 Å². The first kappa shape index (κ1) is 19.0. The Balaban J connectivity index is 1.96. The number of rotatable bonds is 6. The molecule has 0 spiro atoms. The van der Waals surface area contributed by atoms with Crippen LogP contribution < -0.4 is 5.43 Å².